The molecule has 2 aliphatic heterocycles. The van der Waals surface area contributed by atoms with Gasteiger partial charge in [-0.15, -0.1) is 0 Å². The van der Waals surface area contributed by atoms with Gasteiger partial charge in [-0.25, -0.2) is 0 Å². The minimum absolute atomic E-state index is 0.776. The van der Waals surface area contributed by atoms with Gasteiger partial charge in [0.2, 0.25) is 0 Å². The van der Waals surface area contributed by atoms with Gasteiger partial charge in [0.05, 0.1) is 5.84 Å². The van der Waals surface area contributed by atoms with E-state index in [0.717, 1.165) is 30.3 Å². The summed E-state index contributed by atoms with van der Waals surface area (Å²) in [5.41, 5.74) is 0. The van der Waals surface area contributed by atoms with E-state index in [-0.39, 0.29) is 0 Å². The first-order valence-electron chi connectivity index (χ1n) is 7.05. The SMILES string of the molecule is CC(C)C1CCC2=NCC3CCCC3CN21. The molecule has 1 saturated carbocycles. The predicted molar refractivity (Wildman–Crippen MR) is 67.7 cm³/mol. The van der Waals surface area contributed by atoms with Crippen molar-refractivity contribution in [3.63, 3.8) is 0 Å². The van der Waals surface area contributed by atoms with E-state index in [1.807, 2.05) is 0 Å². The van der Waals surface area contributed by atoms with Crippen LogP contribution in [0.2, 0.25) is 0 Å². The summed E-state index contributed by atoms with van der Waals surface area (Å²) in [7, 11) is 0. The van der Waals surface area contributed by atoms with Crippen molar-refractivity contribution in [2.24, 2.45) is 22.7 Å². The van der Waals surface area contributed by atoms with E-state index in [1.165, 1.54) is 44.5 Å². The molecule has 0 radical (unpaired) electrons. The van der Waals surface area contributed by atoms with Crippen molar-refractivity contribution >= 4 is 5.84 Å². The summed E-state index contributed by atoms with van der Waals surface area (Å²) in [4.78, 5) is 7.57. The molecule has 90 valence electrons. The standard InChI is InChI=1S/C14H24N2/c1-10(2)13-6-7-14-15-8-11-4-3-5-12(11)9-16(13)14/h10-13H,3-9H2,1-2H3. The molecule has 2 nitrogen and oxygen atoms in total. The highest BCUT2D eigenvalue weighted by atomic mass is 15.2. The van der Waals surface area contributed by atoms with Gasteiger partial charge < -0.3 is 4.90 Å². The molecule has 0 N–H and O–H groups in total. The lowest BCUT2D eigenvalue weighted by Crippen LogP contribution is -2.39. The Morgan fingerprint density at radius 3 is 2.81 bits per heavy atom. The number of hydrogen-bond donors (Lipinski definition) is 0. The minimum atomic E-state index is 0.776. The lowest BCUT2D eigenvalue weighted by Gasteiger charge is -2.31. The fourth-order valence-electron chi connectivity index (χ4n) is 3.94. The van der Waals surface area contributed by atoms with Gasteiger partial charge >= 0.3 is 0 Å². The Kier molecular flexibility index (Phi) is 2.68. The van der Waals surface area contributed by atoms with E-state index in [9.17, 15) is 0 Å². The van der Waals surface area contributed by atoms with Crippen LogP contribution in [0.15, 0.2) is 4.99 Å². The molecule has 3 rings (SSSR count). The van der Waals surface area contributed by atoms with E-state index < -0.39 is 0 Å². The zero-order valence-corrected chi connectivity index (χ0v) is 10.7. The third-order valence-electron chi connectivity index (χ3n) is 4.92. The van der Waals surface area contributed by atoms with Crippen LogP contribution in [0.4, 0.5) is 0 Å². The van der Waals surface area contributed by atoms with Crippen molar-refractivity contribution in [1.82, 2.24) is 4.90 Å². The van der Waals surface area contributed by atoms with Crippen LogP contribution in [-0.4, -0.2) is 29.9 Å². The molecule has 16 heavy (non-hydrogen) atoms. The molecular formula is C14H24N2. The Morgan fingerprint density at radius 1 is 1.19 bits per heavy atom. The van der Waals surface area contributed by atoms with Crippen molar-refractivity contribution in [3.05, 3.63) is 0 Å². The van der Waals surface area contributed by atoms with Crippen LogP contribution in [0.25, 0.3) is 0 Å². The van der Waals surface area contributed by atoms with Gasteiger partial charge in [0.15, 0.2) is 0 Å². The number of hydrogen-bond acceptors (Lipinski definition) is 2. The first-order valence-corrected chi connectivity index (χ1v) is 7.05. The second-order valence-electron chi connectivity index (χ2n) is 6.21. The first kappa shape index (κ1) is 10.6. The Labute approximate surface area is 99.1 Å². The van der Waals surface area contributed by atoms with Crippen LogP contribution < -0.4 is 0 Å². The molecule has 2 heterocycles. The highest BCUT2D eigenvalue weighted by Crippen LogP contribution is 2.38. The summed E-state index contributed by atoms with van der Waals surface area (Å²) < 4.78 is 0. The van der Waals surface area contributed by atoms with E-state index in [0.29, 0.717) is 0 Å². The molecule has 0 amide bonds. The third-order valence-corrected chi connectivity index (χ3v) is 4.92. The van der Waals surface area contributed by atoms with Gasteiger partial charge in [0, 0.05) is 25.6 Å². The van der Waals surface area contributed by atoms with Crippen molar-refractivity contribution < 1.29 is 0 Å². The van der Waals surface area contributed by atoms with E-state index in [4.69, 9.17) is 4.99 Å². The molecule has 0 aromatic heterocycles. The Bertz CT molecular complexity index is 295. The molecule has 0 aromatic rings. The van der Waals surface area contributed by atoms with Gasteiger partial charge in [0.25, 0.3) is 0 Å². The van der Waals surface area contributed by atoms with Crippen LogP contribution in [0.1, 0.15) is 46.0 Å². The number of rotatable bonds is 1. The third kappa shape index (κ3) is 1.66. The van der Waals surface area contributed by atoms with Gasteiger partial charge in [0.1, 0.15) is 0 Å². The molecule has 2 heteroatoms. The van der Waals surface area contributed by atoms with Crippen LogP contribution in [0.5, 0.6) is 0 Å². The summed E-state index contributed by atoms with van der Waals surface area (Å²) in [6.07, 6.45) is 6.91. The van der Waals surface area contributed by atoms with Crippen molar-refractivity contribution in [2.75, 3.05) is 13.1 Å². The maximum Gasteiger partial charge on any atom is 0.0992 e. The summed E-state index contributed by atoms with van der Waals surface area (Å²) in [5, 5.41) is 0. The Morgan fingerprint density at radius 2 is 2.00 bits per heavy atom. The largest absolute Gasteiger partial charge is 0.357 e. The summed E-state index contributed by atoms with van der Waals surface area (Å²) >= 11 is 0. The molecule has 1 aliphatic carbocycles. The number of nitrogens with zero attached hydrogens (tertiary/aromatic N) is 2. The first-order chi connectivity index (χ1) is 7.75. The van der Waals surface area contributed by atoms with Crippen molar-refractivity contribution in [3.8, 4) is 0 Å². The molecule has 0 spiro atoms. The lowest BCUT2D eigenvalue weighted by atomic mass is 9.94. The number of amidine groups is 1. The zero-order chi connectivity index (χ0) is 11.1. The molecule has 2 fully saturated rings. The monoisotopic (exact) mass is 220 g/mol. The van der Waals surface area contributed by atoms with Gasteiger partial charge in [-0.1, -0.05) is 20.3 Å². The highest BCUT2D eigenvalue weighted by Gasteiger charge is 2.38. The summed E-state index contributed by atoms with van der Waals surface area (Å²) in [5.74, 6) is 4.07. The molecule has 3 aliphatic rings. The quantitative estimate of drug-likeness (QED) is 0.663. The fraction of sp³-hybridized carbons (Fsp3) is 0.929. The molecule has 3 atom stereocenters. The zero-order valence-electron chi connectivity index (χ0n) is 10.7. The normalized spacial score (nSPS) is 38.3. The average Bonchev–Trinajstić information content (AvgIpc) is 2.81. The van der Waals surface area contributed by atoms with E-state index >= 15 is 0 Å². The van der Waals surface area contributed by atoms with Crippen LogP contribution >= 0.6 is 0 Å². The molecular weight excluding hydrogens is 196 g/mol. The molecule has 1 saturated heterocycles. The summed E-state index contributed by atoms with van der Waals surface area (Å²) in [6.45, 7) is 7.17. The Hall–Kier alpha value is -0.530. The lowest BCUT2D eigenvalue weighted by molar-refractivity contribution is 0.223. The maximum atomic E-state index is 4.90. The van der Waals surface area contributed by atoms with Gasteiger partial charge in [-0.3, -0.25) is 4.99 Å². The highest BCUT2D eigenvalue weighted by molar-refractivity contribution is 5.85. The van der Waals surface area contributed by atoms with Gasteiger partial charge in [-0.2, -0.15) is 0 Å². The average molecular weight is 220 g/mol. The fourth-order valence-corrected chi connectivity index (χ4v) is 3.94. The molecule has 3 unspecified atom stereocenters. The number of aliphatic imine (C=N–C) groups is 1. The molecule has 0 bridgehead atoms. The molecule has 0 aromatic carbocycles. The van der Waals surface area contributed by atoms with Crippen LogP contribution in [0, 0.1) is 17.8 Å². The van der Waals surface area contributed by atoms with E-state index in [1.54, 1.807) is 0 Å². The predicted octanol–water partition coefficient (Wildman–Crippen LogP) is 2.94. The Balaban J connectivity index is 1.81. The van der Waals surface area contributed by atoms with Crippen LogP contribution in [-0.2, 0) is 0 Å². The van der Waals surface area contributed by atoms with Gasteiger partial charge in [-0.05, 0) is 37.0 Å². The van der Waals surface area contributed by atoms with Crippen molar-refractivity contribution in [1.29, 1.82) is 0 Å². The number of fused-ring (bicyclic) bond motifs is 2. The second-order valence-corrected chi connectivity index (χ2v) is 6.21. The topological polar surface area (TPSA) is 15.6 Å². The van der Waals surface area contributed by atoms with Crippen molar-refractivity contribution in [2.45, 2.75) is 52.0 Å². The summed E-state index contributed by atoms with van der Waals surface area (Å²) in [6, 6.07) is 0.776. The minimum Gasteiger partial charge on any atom is -0.357 e. The van der Waals surface area contributed by atoms with E-state index in [2.05, 4.69) is 18.7 Å². The van der Waals surface area contributed by atoms with Crippen LogP contribution in [0.3, 0.4) is 0 Å². The second kappa shape index (κ2) is 4.05. The maximum absolute atomic E-state index is 4.90. The smallest absolute Gasteiger partial charge is 0.0992 e.